The molecule has 5 heteroatoms. The molecule has 15 rings (SSSR count). The highest BCUT2D eigenvalue weighted by Crippen LogP contribution is 2.52. The van der Waals surface area contributed by atoms with Crippen molar-refractivity contribution >= 4 is 43.6 Å². The number of aromatic nitrogens is 5. The molecule has 0 unspecified atom stereocenters. The Hall–Kier alpha value is -10.8. The van der Waals surface area contributed by atoms with E-state index >= 15 is 0 Å². The molecule has 0 spiro atoms. The summed E-state index contributed by atoms with van der Waals surface area (Å²) in [6, 6.07) is 106. The Morgan fingerprint density at radius 3 is 1.01 bits per heavy atom. The van der Waals surface area contributed by atoms with Gasteiger partial charge in [0.05, 0.1) is 22.1 Å². The number of rotatable bonds is 10. The van der Waals surface area contributed by atoms with E-state index in [1.807, 2.05) is 18.2 Å². The van der Waals surface area contributed by atoms with E-state index in [-0.39, 0.29) is 0 Å². The Morgan fingerprint density at radius 1 is 0.225 bits per heavy atom. The van der Waals surface area contributed by atoms with Gasteiger partial charge in [-0.1, -0.05) is 267 Å². The van der Waals surface area contributed by atoms with Gasteiger partial charge in [-0.3, -0.25) is 4.57 Å². The maximum Gasteiger partial charge on any atom is 0.238 e. The van der Waals surface area contributed by atoms with Crippen LogP contribution >= 0.6 is 0 Å². The number of nitrogens with zero attached hydrogens (tertiary/aromatic N) is 5. The number of hydrogen-bond acceptors (Lipinski definition) is 3. The molecule has 374 valence electrons. The molecule has 0 aliphatic rings. The van der Waals surface area contributed by atoms with Crippen LogP contribution in [0.5, 0.6) is 0 Å². The van der Waals surface area contributed by atoms with Crippen LogP contribution in [0.2, 0.25) is 0 Å². The van der Waals surface area contributed by atoms with Crippen molar-refractivity contribution in [2.45, 2.75) is 0 Å². The second-order valence-electron chi connectivity index (χ2n) is 20.3. The Labute approximate surface area is 463 Å². The van der Waals surface area contributed by atoms with Gasteiger partial charge in [-0.25, -0.2) is 4.98 Å². The molecule has 0 atom stereocenters. The topological polar surface area (TPSA) is 48.5 Å². The summed E-state index contributed by atoms with van der Waals surface area (Å²) in [5, 5.41) is 4.47. The molecule has 0 bridgehead atoms. The van der Waals surface area contributed by atoms with Gasteiger partial charge < -0.3 is 4.57 Å². The Bertz CT molecular complexity index is 4740. The average Bonchev–Trinajstić information content (AvgIpc) is 4.28. The highest BCUT2D eigenvalue weighted by molar-refractivity contribution is 6.33. The SMILES string of the molecule is c1ccc(-c2ccc(-c3c(-c4ccc(-c5ccccc5)cc4)c4c5ccccc5n(-c5nc(-c6ccccc6)nc(-c6ccc(-c7cccc(-c8ccccc8)c7)cc6)n5)c4c4c3c3ccccc3n4-c3ccccc3)cc2)cc1. The van der Waals surface area contributed by atoms with Gasteiger partial charge in [0.2, 0.25) is 5.95 Å². The van der Waals surface area contributed by atoms with Gasteiger partial charge in [0.15, 0.2) is 11.6 Å². The first-order valence-corrected chi connectivity index (χ1v) is 27.2. The molecule has 80 heavy (non-hydrogen) atoms. The van der Waals surface area contributed by atoms with E-state index in [0.717, 1.165) is 105 Å². The maximum atomic E-state index is 5.59. The highest BCUT2D eigenvalue weighted by atomic mass is 15.2. The van der Waals surface area contributed by atoms with Crippen molar-refractivity contribution in [2.75, 3.05) is 0 Å². The van der Waals surface area contributed by atoms with Gasteiger partial charge in [0, 0.05) is 49.5 Å². The Kier molecular flexibility index (Phi) is 11.4. The zero-order valence-corrected chi connectivity index (χ0v) is 43.5. The zero-order valence-electron chi connectivity index (χ0n) is 43.5. The van der Waals surface area contributed by atoms with Crippen LogP contribution < -0.4 is 0 Å². The first-order valence-electron chi connectivity index (χ1n) is 27.2. The fourth-order valence-corrected chi connectivity index (χ4v) is 11.9. The fourth-order valence-electron chi connectivity index (χ4n) is 11.9. The van der Waals surface area contributed by atoms with Crippen LogP contribution in [0.25, 0.3) is 145 Å². The molecule has 15 aromatic rings. The lowest BCUT2D eigenvalue weighted by Crippen LogP contribution is -2.07. The fraction of sp³-hybridized carbons (Fsp3) is 0. The lowest BCUT2D eigenvalue weighted by atomic mass is 9.86. The molecule has 3 aromatic heterocycles. The summed E-state index contributed by atoms with van der Waals surface area (Å²) in [5.41, 5.74) is 20.8. The summed E-state index contributed by atoms with van der Waals surface area (Å²) in [7, 11) is 0. The van der Waals surface area contributed by atoms with Gasteiger partial charge in [0.25, 0.3) is 0 Å². The molecule has 12 aromatic carbocycles. The minimum Gasteiger partial charge on any atom is -0.307 e. The summed E-state index contributed by atoms with van der Waals surface area (Å²) in [6.07, 6.45) is 0. The predicted octanol–water partition coefficient (Wildman–Crippen LogP) is 19.4. The number of fused-ring (bicyclic) bond motifs is 7. The summed E-state index contributed by atoms with van der Waals surface area (Å²) in [6.45, 7) is 0. The van der Waals surface area contributed by atoms with Gasteiger partial charge in [0.1, 0.15) is 0 Å². The second-order valence-corrected chi connectivity index (χ2v) is 20.3. The summed E-state index contributed by atoms with van der Waals surface area (Å²) < 4.78 is 4.77. The van der Waals surface area contributed by atoms with E-state index < -0.39 is 0 Å². The minimum absolute atomic E-state index is 0.524. The highest BCUT2D eigenvalue weighted by Gasteiger charge is 2.30. The molecular formula is C75H49N5. The first kappa shape index (κ1) is 46.5. The minimum atomic E-state index is 0.524. The van der Waals surface area contributed by atoms with Gasteiger partial charge in [-0.2, -0.15) is 9.97 Å². The molecular weight excluding hydrogens is 971 g/mol. The van der Waals surface area contributed by atoms with Crippen molar-refractivity contribution in [2.24, 2.45) is 0 Å². The number of hydrogen-bond donors (Lipinski definition) is 0. The normalized spacial score (nSPS) is 11.5. The molecule has 0 aliphatic heterocycles. The first-order chi connectivity index (χ1) is 39.7. The van der Waals surface area contributed by atoms with Crippen LogP contribution in [0.3, 0.4) is 0 Å². The van der Waals surface area contributed by atoms with E-state index in [1.54, 1.807) is 0 Å². The molecule has 0 N–H and O–H groups in total. The molecule has 3 heterocycles. The van der Waals surface area contributed by atoms with E-state index in [2.05, 4.69) is 288 Å². The molecule has 0 saturated heterocycles. The summed E-state index contributed by atoms with van der Waals surface area (Å²) in [4.78, 5) is 16.4. The summed E-state index contributed by atoms with van der Waals surface area (Å²) >= 11 is 0. The molecule has 0 amide bonds. The van der Waals surface area contributed by atoms with Crippen molar-refractivity contribution in [1.82, 2.24) is 24.1 Å². The number of para-hydroxylation sites is 3. The largest absolute Gasteiger partial charge is 0.307 e. The van der Waals surface area contributed by atoms with Gasteiger partial charge >= 0.3 is 0 Å². The van der Waals surface area contributed by atoms with E-state index in [0.29, 0.717) is 17.6 Å². The van der Waals surface area contributed by atoms with Gasteiger partial charge in [-0.05, 0) is 86.0 Å². The molecule has 5 nitrogen and oxygen atoms in total. The van der Waals surface area contributed by atoms with Crippen LogP contribution in [-0.4, -0.2) is 24.1 Å². The van der Waals surface area contributed by atoms with Crippen molar-refractivity contribution in [3.8, 4) is 101 Å². The Balaban J connectivity index is 1.05. The third kappa shape index (κ3) is 8.07. The average molecular weight is 1020 g/mol. The molecule has 0 radical (unpaired) electrons. The molecule has 0 fully saturated rings. The van der Waals surface area contributed by atoms with E-state index in [1.165, 1.54) is 22.3 Å². The van der Waals surface area contributed by atoms with Crippen LogP contribution in [-0.2, 0) is 0 Å². The van der Waals surface area contributed by atoms with Crippen LogP contribution in [0.15, 0.2) is 297 Å². The lowest BCUT2D eigenvalue weighted by molar-refractivity contribution is 0.953. The quantitative estimate of drug-likeness (QED) is 0.137. The van der Waals surface area contributed by atoms with Crippen molar-refractivity contribution in [3.63, 3.8) is 0 Å². The second kappa shape index (κ2) is 19.7. The van der Waals surface area contributed by atoms with E-state index in [9.17, 15) is 0 Å². The molecule has 0 saturated carbocycles. The van der Waals surface area contributed by atoms with E-state index in [4.69, 9.17) is 15.0 Å². The zero-order chi connectivity index (χ0) is 52.9. The monoisotopic (exact) mass is 1020 g/mol. The van der Waals surface area contributed by atoms with Crippen LogP contribution in [0.4, 0.5) is 0 Å². The standard InChI is InChI=1S/C75H49N5/c1-6-21-50(22-7-1)53-37-43-56(44-38-53)67-68(57-45-39-54(40-46-57)51-23-8-2-9-24-51)70-64-34-17-19-36-66(64)80(72(70)71-69(67)63-33-16-18-35-65(63)79(71)62-31-14-5-15-32-62)75-77-73(58-27-12-4-13-28-58)76-74(78-75)59-47-41-55(42-48-59)61-30-20-29-60(49-61)52-25-10-3-11-26-52/h1-49H. The van der Waals surface area contributed by atoms with Crippen LogP contribution in [0.1, 0.15) is 0 Å². The summed E-state index contributed by atoms with van der Waals surface area (Å²) in [5.74, 6) is 1.69. The third-order valence-corrected chi connectivity index (χ3v) is 15.6. The van der Waals surface area contributed by atoms with Gasteiger partial charge in [-0.15, -0.1) is 0 Å². The number of benzene rings is 12. The molecule has 0 aliphatic carbocycles. The predicted molar refractivity (Wildman–Crippen MR) is 332 cm³/mol. The van der Waals surface area contributed by atoms with Crippen molar-refractivity contribution in [1.29, 1.82) is 0 Å². The lowest BCUT2D eigenvalue weighted by Gasteiger charge is -2.19. The smallest absolute Gasteiger partial charge is 0.238 e. The Morgan fingerprint density at radius 2 is 0.537 bits per heavy atom. The third-order valence-electron chi connectivity index (χ3n) is 15.6. The maximum absolute atomic E-state index is 5.59. The van der Waals surface area contributed by atoms with Crippen molar-refractivity contribution in [3.05, 3.63) is 297 Å². The van der Waals surface area contributed by atoms with Crippen LogP contribution in [0, 0.1) is 0 Å². The van der Waals surface area contributed by atoms with Crippen molar-refractivity contribution < 1.29 is 0 Å².